The maximum Gasteiger partial charge on any atom is 0.410 e. The minimum atomic E-state index is -0.517. The van der Waals surface area contributed by atoms with Crippen LogP contribution >= 0.6 is 11.6 Å². The molecule has 4 heterocycles. The zero-order valence-corrected chi connectivity index (χ0v) is 23.6. The van der Waals surface area contributed by atoms with Crippen molar-refractivity contribution in [2.24, 2.45) is 0 Å². The Bertz CT molecular complexity index is 1700. The molecule has 0 bridgehead atoms. The van der Waals surface area contributed by atoms with Gasteiger partial charge >= 0.3 is 6.09 Å². The molecule has 2 aromatic carbocycles. The standard InChI is InChI=1S/C30H32ClN7O2/c1-30(2,3)40-29(39)36-13-11-20(12-14-36)26-16-23(27-24(32)17-33-35-38(26)27)21-9-10-22-25(15-21)34-37(28(22)31)18-19-7-5-4-6-8-19/h4-10,15-17,20H,11-14,18,32H2,1-3H3. The molecular formula is C30H32ClN7O2. The van der Waals surface area contributed by atoms with Crippen molar-refractivity contribution in [3.63, 3.8) is 0 Å². The SMILES string of the molecule is CC(C)(C)OC(=O)N1CCC(c2cc(-c3ccc4c(Cl)n(Cc5ccccc5)nc4c3)c3c(N)cnnn23)CC1. The minimum Gasteiger partial charge on any atom is -0.444 e. The molecule has 5 aromatic rings. The Kier molecular flexibility index (Phi) is 6.62. The molecule has 9 nitrogen and oxygen atoms in total. The second kappa shape index (κ2) is 10.1. The third kappa shape index (κ3) is 4.97. The maximum absolute atomic E-state index is 12.6. The lowest BCUT2D eigenvalue weighted by molar-refractivity contribution is 0.0203. The molecule has 1 aliphatic heterocycles. The zero-order chi connectivity index (χ0) is 28.0. The van der Waals surface area contributed by atoms with Crippen molar-refractivity contribution in [2.75, 3.05) is 18.8 Å². The van der Waals surface area contributed by atoms with Gasteiger partial charge in [-0.15, -0.1) is 5.10 Å². The highest BCUT2D eigenvalue weighted by Gasteiger charge is 2.30. The first-order valence-electron chi connectivity index (χ1n) is 13.5. The van der Waals surface area contributed by atoms with Gasteiger partial charge in [0.2, 0.25) is 0 Å². The molecule has 10 heteroatoms. The molecule has 2 N–H and O–H groups in total. The van der Waals surface area contributed by atoms with Crippen LogP contribution in [0.2, 0.25) is 5.15 Å². The van der Waals surface area contributed by atoms with Crippen LogP contribution in [0.4, 0.5) is 10.5 Å². The van der Waals surface area contributed by atoms with E-state index in [-0.39, 0.29) is 12.0 Å². The van der Waals surface area contributed by atoms with E-state index >= 15 is 0 Å². The molecule has 1 amide bonds. The molecule has 0 atom stereocenters. The average molecular weight is 558 g/mol. The summed E-state index contributed by atoms with van der Waals surface area (Å²) in [6, 6.07) is 18.4. The number of likely N-dealkylation sites (tertiary alicyclic amines) is 1. The molecular weight excluding hydrogens is 526 g/mol. The summed E-state index contributed by atoms with van der Waals surface area (Å²) in [4.78, 5) is 14.4. The van der Waals surface area contributed by atoms with Gasteiger partial charge in [0.15, 0.2) is 0 Å². The molecule has 1 fully saturated rings. The molecule has 0 saturated carbocycles. The first kappa shape index (κ1) is 26.1. The van der Waals surface area contributed by atoms with Gasteiger partial charge in [-0.1, -0.05) is 53.2 Å². The number of carbonyl (C=O) groups is 1. The molecule has 0 unspecified atom stereocenters. The summed E-state index contributed by atoms with van der Waals surface area (Å²) in [7, 11) is 0. The summed E-state index contributed by atoms with van der Waals surface area (Å²) in [6.45, 7) is 7.46. The number of hydrogen-bond donors (Lipinski definition) is 1. The van der Waals surface area contributed by atoms with Gasteiger partial charge in [0.05, 0.1) is 29.5 Å². The molecule has 0 radical (unpaired) electrons. The van der Waals surface area contributed by atoms with Crippen LogP contribution < -0.4 is 5.73 Å². The monoisotopic (exact) mass is 557 g/mol. The smallest absolute Gasteiger partial charge is 0.410 e. The van der Waals surface area contributed by atoms with E-state index in [2.05, 4.69) is 28.5 Å². The quantitative estimate of drug-likeness (QED) is 0.284. The van der Waals surface area contributed by atoms with E-state index in [1.54, 1.807) is 11.1 Å². The van der Waals surface area contributed by atoms with Crippen molar-refractivity contribution in [2.45, 2.75) is 51.7 Å². The van der Waals surface area contributed by atoms with Gasteiger partial charge < -0.3 is 15.4 Å². The number of rotatable bonds is 4. The van der Waals surface area contributed by atoms with Crippen LogP contribution in [0, 0.1) is 0 Å². The van der Waals surface area contributed by atoms with Crippen molar-refractivity contribution in [3.05, 3.63) is 77.2 Å². The molecule has 6 rings (SSSR count). The van der Waals surface area contributed by atoms with Crippen molar-refractivity contribution < 1.29 is 9.53 Å². The van der Waals surface area contributed by atoms with E-state index in [1.807, 2.05) is 66.4 Å². The number of aromatic nitrogens is 5. The van der Waals surface area contributed by atoms with E-state index in [9.17, 15) is 4.79 Å². The van der Waals surface area contributed by atoms with Gasteiger partial charge in [-0.05, 0) is 62.9 Å². The lowest BCUT2D eigenvalue weighted by atomic mass is 9.93. The van der Waals surface area contributed by atoms with Crippen molar-refractivity contribution in [1.29, 1.82) is 0 Å². The minimum absolute atomic E-state index is 0.194. The summed E-state index contributed by atoms with van der Waals surface area (Å²) in [5.41, 5.74) is 12.2. The largest absolute Gasteiger partial charge is 0.444 e. The Morgan fingerprint density at radius 2 is 1.85 bits per heavy atom. The Balaban J connectivity index is 1.32. The fourth-order valence-corrected chi connectivity index (χ4v) is 5.68. The Labute approximate surface area is 237 Å². The third-order valence-electron chi connectivity index (χ3n) is 7.34. The van der Waals surface area contributed by atoms with Crippen molar-refractivity contribution in [1.82, 2.24) is 29.5 Å². The number of nitrogens with two attached hydrogens (primary N) is 1. The van der Waals surface area contributed by atoms with Gasteiger partial charge in [-0.2, -0.15) is 5.10 Å². The summed E-state index contributed by atoms with van der Waals surface area (Å²) in [6.07, 6.45) is 2.89. The third-order valence-corrected chi connectivity index (χ3v) is 7.74. The molecule has 206 valence electrons. The number of benzene rings is 2. The zero-order valence-electron chi connectivity index (χ0n) is 22.8. The Morgan fingerprint density at radius 3 is 2.58 bits per heavy atom. The topological polar surface area (TPSA) is 104 Å². The molecule has 0 spiro atoms. The second-order valence-electron chi connectivity index (χ2n) is 11.3. The number of piperidine rings is 1. The fourth-order valence-electron chi connectivity index (χ4n) is 5.42. The number of nitrogens with zero attached hydrogens (tertiary/aromatic N) is 6. The molecule has 1 saturated heterocycles. The van der Waals surface area contributed by atoms with Crippen molar-refractivity contribution in [3.8, 4) is 11.1 Å². The number of fused-ring (bicyclic) bond motifs is 2. The maximum atomic E-state index is 12.6. The predicted octanol–water partition coefficient (Wildman–Crippen LogP) is 6.14. The van der Waals surface area contributed by atoms with Crippen LogP contribution in [0.15, 0.2) is 60.8 Å². The fraction of sp³-hybridized carbons (Fsp3) is 0.333. The highest BCUT2D eigenvalue weighted by atomic mass is 35.5. The lowest BCUT2D eigenvalue weighted by Gasteiger charge is -2.33. The average Bonchev–Trinajstić information content (AvgIpc) is 3.47. The van der Waals surface area contributed by atoms with Gasteiger partial charge in [-0.3, -0.25) is 0 Å². The highest BCUT2D eigenvalue weighted by molar-refractivity contribution is 6.34. The molecule has 3 aromatic heterocycles. The number of nitrogen functional groups attached to an aromatic ring is 1. The Morgan fingerprint density at radius 1 is 1.10 bits per heavy atom. The van der Waals surface area contributed by atoms with Crippen molar-refractivity contribution >= 4 is 39.8 Å². The van der Waals surface area contributed by atoms with Crippen LogP contribution in [0.25, 0.3) is 27.5 Å². The number of hydrogen-bond acceptors (Lipinski definition) is 6. The van der Waals surface area contributed by atoms with Gasteiger partial charge in [0.25, 0.3) is 0 Å². The summed E-state index contributed by atoms with van der Waals surface area (Å²) in [5, 5.41) is 14.9. The summed E-state index contributed by atoms with van der Waals surface area (Å²) < 4.78 is 9.25. The van der Waals surface area contributed by atoms with E-state index < -0.39 is 5.60 Å². The predicted molar refractivity (Wildman–Crippen MR) is 156 cm³/mol. The van der Waals surface area contributed by atoms with E-state index in [1.165, 1.54) is 0 Å². The highest BCUT2D eigenvalue weighted by Crippen LogP contribution is 2.38. The van der Waals surface area contributed by atoms with Gasteiger partial charge in [0, 0.05) is 35.7 Å². The lowest BCUT2D eigenvalue weighted by Crippen LogP contribution is -2.41. The van der Waals surface area contributed by atoms with E-state index in [0.29, 0.717) is 30.5 Å². The molecule has 1 aliphatic rings. The van der Waals surface area contributed by atoms with Crippen LogP contribution in [-0.4, -0.2) is 54.3 Å². The first-order valence-corrected chi connectivity index (χ1v) is 13.9. The van der Waals surface area contributed by atoms with Crippen LogP contribution in [-0.2, 0) is 11.3 Å². The number of halogens is 1. The van der Waals surface area contributed by atoms with E-state index in [4.69, 9.17) is 27.2 Å². The summed E-state index contributed by atoms with van der Waals surface area (Å²) >= 11 is 6.72. The van der Waals surface area contributed by atoms with Crippen LogP contribution in [0.1, 0.15) is 50.8 Å². The van der Waals surface area contributed by atoms with Crippen LogP contribution in [0.3, 0.4) is 0 Å². The van der Waals surface area contributed by atoms with E-state index in [0.717, 1.165) is 51.6 Å². The Hall–Kier alpha value is -4.11. The normalized spacial score (nSPS) is 14.8. The van der Waals surface area contributed by atoms with Gasteiger partial charge in [0.1, 0.15) is 10.8 Å². The number of ether oxygens (including phenoxy) is 1. The number of carbonyl (C=O) groups excluding carboxylic acids is 1. The van der Waals surface area contributed by atoms with Gasteiger partial charge in [-0.25, -0.2) is 14.0 Å². The summed E-state index contributed by atoms with van der Waals surface area (Å²) in [5.74, 6) is 0.194. The molecule has 0 aliphatic carbocycles. The second-order valence-corrected chi connectivity index (χ2v) is 11.7. The van der Waals surface area contributed by atoms with Crippen LogP contribution in [0.5, 0.6) is 0 Å². The first-order chi connectivity index (χ1) is 19.2. The number of anilines is 1. The molecule has 40 heavy (non-hydrogen) atoms. The number of amides is 1.